The summed E-state index contributed by atoms with van der Waals surface area (Å²) in [4.78, 5) is 2.39. The summed E-state index contributed by atoms with van der Waals surface area (Å²) >= 11 is 0. The van der Waals surface area contributed by atoms with Crippen LogP contribution >= 0.6 is 0 Å². The molecule has 0 radical (unpaired) electrons. The number of rotatable bonds is 6. The van der Waals surface area contributed by atoms with Crippen molar-refractivity contribution < 1.29 is 13.3 Å². The minimum atomic E-state index is 0.875. The highest BCUT2D eigenvalue weighted by Crippen LogP contribution is 2.51. The molecule has 0 bridgehead atoms. The highest BCUT2D eigenvalue weighted by Gasteiger charge is 2.28. The Morgan fingerprint density at radius 1 is 0.198 bits per heavy atom. The summed E-state index contributed by atoms with van der Waals surface area (Å²) in [5.41, 5.74) is 18.3. The van der Waals surface area contributed by atoms with Crippen LogP contribution in [0, 0.1) is 0 Å². The fourth-order valence-electron chi connectivity index (χ4n) is 15.9. The molecule has 6 aromatic heterocycles. The minimum absolute atomic E-state index is 0.875. The van der Waals surface area contributed by atoms with Crippen molar-refractivity contribution in [1.82, 2.24) is 13.7 Å². The van der Waals surface area contributed by atoms with Crippen LogP contribution in [0.1, 0.15) is 0 Å². The third kappa shape index (κ3) is 6.55. The van der Waals surface area contributed by atoms with Crippen LogP contribution in [-0.2, 0) is 0 Å². The smallest absolute Gasteiger partial charge is 0.145 e. The van der Waals surface area contributed by atoms with Gasteiger partial charge in [-0.1, -0.05) is 182 Å². The molecule has 91 heavy (non-hydrogen) atoms. The first-order valence-electron chi connectivity index (χ1n) is 31.1. The quantitative estimate of drug-likeness (QED) is 0.166. The van der Waals surface area contributed by atoms with Crippen LogP contribution in [0.5, 0.6) is 0 Å². The van der Waals surface area contributed by atoms with E-state index in [0.29, 0.717) is 0 Å². The van der Waals surface area contributed by atoms with Crippen molar-refractivity contribution in [3.63, 3.8) is 0 Å². The zero-order chi connectivity index (χ0) is 59.2. The van der Waals surface area contributed by atoms with Gasteiger partial charge in [0.25, 0.3) is 0 Å². The molecule has 0 N–H and O–H groups in total. The molecule has 15 aromatic carbocycles. The van der Waals surface area contributed by atoms with Crippen LogP contribution in [0.3, 0.4) is 0 Å². The van der Waals surface area contributed by atoms with Crippen molar-refractivity contribution >= 4 is 181 Å². The Hall–Kier alpha value is -12.3. The van der Waals surface area contributed by atoms with Gasteiger partial charge in [-0.15, -0.1) is 0 Å². The third-order valence-electron chi connectivity index (χ3n) is 19.5. The van der Waals surface area contributed by atoms with Gasteiger partial charge in [0, 0.05) is 98.8 Å². The molecule has 21 aromatic rings. The number of para-hydroxylation sites is 6. The van der Waals surface area contributed by atoms with Gasteiger partial charge < -0.3 is 31.9 Å². The normalized spacial score (nSPS) is 12.4. The van der Waals surface area contributed by atoms with Crippen LogP contribution in [0.25, 0.3) is 181 Å². The van der Waals surface area contributed by atoms with E-state index in [0.717, 1.165) is 149 Å². The predicted molar refractivity (Wildman–Crippen MR) is 378 cm³/mol. The van der Waals surface area contributed by atoms with E-state index < -0.39 is 0 Å². The Balaban J connectivity index is 0.784. The molecule has 21 rings (SSSR count). The van der Waals surface area contributed by atoms with Crippen LogP contribution in [0.4, 0.5) is 17.1 Å². The van der Waals surface area contributed by atoms with Crippen molar-refractivity contribution in [3.05, 3.63) is 291 Å². The van der Waals surface area contributed by atoms with E-state index in [1.807, 2.05) is 0 Å². The average Bonchev–Trinajstić information content (AvgIpc) is 1.57. The lowest BCUT2D eigenvalue weighted by molar-refractivity contribution is 0.672. The van der Waals surface area contributed by atoms with E-state index in [1.165, 1.54) is 48.5 Å². The Morgan fingerprint density at radius 2 is 0.429 bits per heavy atom. The van der Waals surface area contributed by atoms with E-state index in [4.69, 9.17) is 13.3 Å². The standard InChI is InChI=1S/C84H48N4O3/c1-4-22-58-55(19-1)73-61-25-7-13-31-67(61)86(79(73)76-64-28-10-16-34-70(64)89-82(58)76)52-43-37-49(38-44-52)85(50-39-45-53(46-40-50)87-68-32-14-8-26-62(68)74-56-20-2-5-23-59(56)83-77(80(74)87)65-29-11-17-35-71(65)90-83)51-41-47-54(48-42-51)88-69-33-15-9-27-63(69)75-57-21-3-6-24-60(57)84-78(81(75)88)66-30-12-18-36-72(66)91-84/h1-48H. The Bertz CT molecular complexity index is 6040. The number of aromatic nitrogens is 3. The number of furan rings is 3. The van der Waals surface area contributed by atoms with E-state index in [2.05, 4.69) is 310 Å². The molecule has 0 aliphatic heterocycles. The molecule has 0 unspecified atom stereocenters. The van der Waals surface area contributed by atoms with Gasteiger partial charge in [0.15, 0.2) is 0 Å². The molecule has 0 saturated heterocycles. The fraction of sp³-hybridized carbons (Fsp3) is 0. The van der Waals surface area contributed by atoms with Crippen molar-refractivity contribution in [3.8, 4) is 17.1 Å². The van der Waals surface area contributed by atoms with Crippen molar-refractivity contribution in [1.29, 1.82) is 0 Å². The van der Waals surface area contributed by atoms with E-state index >= 15 is 0 Å². The second kappa shape index (κ2) is 18.1. The molecule has 7 heteroatoms. The SMILES string of the molecule is c1ccc2c(c1)oc1c3ccccc3c3c4ccccc4n(-c4ccc(N(c5ccc(-n6c7ccccc7c7c8ccccc8c8oc9ccccc9c8c76)cc5)c5ccc(-n6c7ccccc7c7c8ccccc8c8oc9ccccc9c8c76)cc5)cc4)c3c21. The van der Waals surface area contributed by atoms with E-state index in [1.54, 1.807) is 0 Å². The van der Waals surface area contributed by atoms with Gasteiger partial charge in [0.05, 0.1) is 49.3 Å². The first-order valence-corrected chi connectivity index (χ1v) is 31.1. The first-order chi connectivity index (χ1) is 45.2. The maximum Gasteiger partial charge on any atom is 0.145 e. The summed E-state index contributed by atoms with van der Waals surface area (Å²) in [5, 5.41) is 20.7. The molecular weight excluding hydrogens is 1110 g/mol. The summed E-state index contributed by atoms with van der Waals surface area (Å²) in [5.74, 6) is 0. The molecular formula is C84H48N4O3. The second-order valence-corrected chi connectivity index (χ2v) is 24.2. The number of fused-ring (bicyclic) bond motifs is 30. The number of hydrogen-bond donors (Lipinski definition) is 0. The molecule has 0 atom stereocenters. The molecule has 0 fully saturated rings. The molecule has 422 valence electrons. The molecule has 0 aliphatic rings. The third-order valence-corrected chi connectivity index (χ3v) is 19.5. The minimum Gasteiger partial charge on any atom is -0.455 e. The summed E-state index contributed by atoms with van der Waals surface area (Å²) in [6.45, 7) is 0. The van der Waals surface area contributed by atoms with Crippen LogP contribution in [-0.4, -0.2) is 13.7 Å². The second-order valence-electron chi connectivity index (χ2n) is 24.2. The lowest BCUT2D eigenvalue weighted by Crippen LogP contribution is -2.10. The van der Waals surface area contributed by atoms with Gasteiger partial charge in [0.1, 0.15) is 33.5 Å². The van der Waals surface area contributed by atoms with Crippen LogP contribution in [0.15, 0.2) is 304 Å². The molecule has 0 saturated carbocycles. The number of hydrogen-bond acceptors (Lipinski definition) is 4. The average molecular weight is 1160 g/mol. The Morgan fingerprint density at radius 3 is 0.714 bits per heavy atom. The van der Waals surface area contributed by atoms with Gasteiger partial charge in [-0.25, -0.2) is 0 Å². The van der Waals surface area contributed by atoms with Crippen molar-refractivity contribution in [2.24, 2.45) is 0 Å². The molecule has 0 spiro atoms. The summed E-state index contributed by atoms with van der Waals surface area (Å²) in [6, 6.07) is 105. The van der Waals surface area contributed by atoms with Gasteiger partial charge in [-0.3, -0.25) is 0 Å². The van der Waals surface area contributed by atoms with Gasteiger partial charge in [-0.2, -0.15) is 0 Å². The van der Waals surface area contributed by atoms with Crippen molar-refractivity contribution in [2.75, 3.05) is 4.90 Å². The Labute approximate surface area is 517 Å². The van der Waals surface area contributed by atoms with E-state index in [-0.39, 0.29) is 0 Å². The fourth-order valence-corrected chi connectivity index (χ4v) is 15.9. The number of nitrogens with zero attached hydrogens (tertiary/aromatic N) is 4. The monoisotopic (exact) mass is 1160 g/mol. The van der Waals surface area contributed by atoms with Gasteiger partial charge in [-0.05, 0) is 125 Å². The summed E-state index contributed by atoms with van der Waals surface area (Å²) in [7, 11) is 0. The summed E-state index contributed by atoms with van der Waals surface area (Å²) < 4.78 is 27.8. The number of benzene rings is 15. The van der Waals surface area contributed by atoms with Gasteiger partial charge >= 0.3 is 0 Å². The number of anilines is 3. The predicted octanol–water partition coefficient (Wildman–Crippen LogP) is 23.6. The molecule has 7 nitrogen and oxygen atoms in total. The van der Waals surface area contributed by atoms with E-state index in [9.17, 15) is 0 Å². The summed E-state index contributed by atoms with van der Waals surface area (Å²) in [6.07, 6.45) is 0. The topological polar surface area (TPSA) is 57.5 Å². The largest absolute Gasteiger partial charge is 0.455 e. The molecule has 0 amide bonds. The maximum absolute atomic E-state index is 6.82. The molecule has 0 aliphatic carbocycles. The maximum atomic E-state index is 6.82. The highest BCUT2D eigenvalue weighted by atomic mass is 16.3. The lowest BCUT2D eigenvalue weighted by atomic mass is 9.99. The zero-order valence-electron chi connectivity index (χ0n) is 48.7. The van der Waals surface area contributed by atoms with Gasteiger partial charge in [0.2, 0.25) is 0 Å². The lowest BCUT2D eigenvalue weighted by Gasteiger charge is -2.26. The Kier molecular flexibility index (Phi) is 9.72. The first kappa shape index (κ1) is 48.8. The zero-order valence-corrected chi connectivity index (χ0v) is 48.7. The highest BCUT2D eigenvalue weighted by molar-refractivity contribution is 6.38. The van der Waals surface area contributed by atoms with Crippen LogP contribution < -0.4 is 4.90 Å². The van der Waals surface area contributed by atoms with Crippen molar-refractivity contribution in [2.45, 2.75) is 0 Å². The van der Waals surface area contributed by atoms with Crippen LogP contribution in [0.2, 0.25) is 0 Å². The molecule has 6 heterocycles.